The minimum Gasteiger partial charge on any atom is -0.506 e. The maximum absolute atomic E-state index is 10.9. The van der Waals surface area contributed by atoms with Crippen LogP contribution in [0.1, 0.15) is 12.5 Å². The predicted molar refractivity (Wildman–Crippen MR) is 51.6 cm³/mol. The summed E-state index contributed by atoms with van der Waals surface area (Å²) in [6.45, 7) is 2.09. The highest BCUT2D eigenvalue weighted by molar-refractivity contribution is 5.86. The average molecular weight is 193 g/mol. The van der Waals surface area contributed by atoms with Crippen molar-refractivity contribution in [2.45, 2.75) is 6.92 Å². The number of pyridine rings is 1. The second-order valence-corrected chi connectivity index (χ2v) is 2.56. The van der Waals surface area contributed by atoms with Crippen LogP contribution < -0.4 is 0 Å². The fourth-order valence-electron chi connectivity index (χ4n) is 0.891. The zero-order chi connectivity index (χ0) is 10.4. The Morgan fingerprint density at radius 2 is 2.43 bits per heavy atom. The monoisotopic (exact) mass is 193 g/mol. The molecular formula is C10H11NO3. The van der Waals surface area contributed by atoms with E-state index < -0.39 is 5.97 Å². The van der Waals surface area contributed by atoms with E-state index in [1.165, 1.54) is 30.6 Å². The van der Waals surface area contributed by atoms with Gasteiger partial charge in [-0.2, -0.15) is 0 Å². The van der Waals surface area contributed by atoms with Gasteiger partial charge in [0.05, 0.1) is 12.8 Å². The molecule has 1 rings (SSSR count). The number of esters is 1. The van der Waals surface area contributed by atoms with Gasteiger partial charge in [0, 0.05) is 12.3 Å². The Labute approximate surface area is 81.9 Å². The quantitative estimate of drug-likeness (QED) is 0.581. The van der Waals surface area contributed by atoms with Gasteiger partial charge in [-0.25, -0.2) is 4.79 Å². The largest absolute Gasteiger partial charge is 0.506 e. The third-order valence-electron chi connectivity index (χ3n) is 1.44. The topological polar surface area (TPSA) is 59.4 Å². The highest BCUT2D eigenvalue weighted by Gasteiger charge is 1.94. The van der Waals surface area contributed by atoms with Gasteiger partial charge in [0.2, 0.25) is 0 Å². The molecule has 0 saturated carbocycles. The van der Waals surface area contributed by atoms with E-state index in [9.17, 15) is 4.79 Å². The van der Waals surface area contributed by atoms with Gasteiger partial charge in [0.15, 0.2) is 0 Å². The number of rotatable bonds is 3. The maximum Gasteiger partial charge on any atom is 0.330 e. The van der Waals surface area contributed by atoms with Crippen molar-refractivity contribution in [1.82, 2.24) is 4.98 Å². The van der Waals surface area contributed by atoms with Gasteiger partial charge in [-0.1, -0.05) is 0 Å². The van der Waals surface area contributed by atoms with Crippen LogP contribution in [0.5, 0.6) is 5.75 Å². The second kappa shape index (κ2) is 5.01. The molecule has 1 aromatic heterocycles. The van der Waals surface area contributed by atoms with E-state index in [1.807, 2.05) is 0 Å². The molecular weight excluding hydrogens is 182 g/mol. The lowest BCUT2D eigenvalue weighted by atomic mass is 10.2. The average Bonchev–Trinajstić information content (AvgIpc) is 2.15. The van der Waals surface area contributed by atoms with Gasteiger partial charge in [-0.05, 0) is 24.6 Å². The zero-order valence-corrected chi connectivity index (χ0v) is 7.80. The van der Waals surface area contributed by atoms with Crippen molar-refractivity contribution in [3.63, 3.8) is 0 Å². The van der Waals surface area contributed by atoms with Crippen LogP contribution in [-0.4, -0.2) is 22.7 Å². The first kappa shape index (κ1) is 10.2. The molecule has 14 heavy (non-hydrogen) atoms. The Balaban J connectivity index is 2.64. The lowest BCUT2D eigenvalue weighted by molar-refractivity contribution is -0.137. The van der Waals surface area contributed by atoms with Gasteiger partial charge in [-0.15, -0.1) is 0 Å². The highest BCUT2D eigenvalue weighted by Crippen LogP contribution is 2.09. The third kappa shape index (κ3) is 3.26. The van der Waals surface area contributed by atoms with Crippen LogP contribution in [0.2, 0.25) is 0 Å². The normalized spacial score (nSPS) is 10.4. The molecule has 0 saturated heterocycles. The number of aromatic nitrogens is 1. The summed E-state index contributed by atoms with van der Waals surface area (Å²) in [5.74, 6) is -0.341. The molecule has 0 aliphatic heterocycles. The van der Waals surface area contributed by atoms with E-state index in [0.717, 1.165) is 0 Å². The van der Waals surface area contributed by atoms with Crippen LogP contribution in [0.25, 0.3) is 6.08 Å². The van der Waals surface area contributed by atoms with E-state index >= 15 is 0 Å². The minimum atomic E-state index is -0.407. The predicted octanol–water partition coefficient (Wildman–Crippen LogP) is 1.36. The molecule has 0 aromatic carbocycles. The summed E-state index contributed by atoms with van der Waals surface area (Å²) in [5, 5.41) is 9.07. The summed E-state index contributed by atoms with van der Waals surface area (Å²) in [5.41, 5.74) is 0.651. The van der Waals surface area contributed by atoms with Crippen LogP contribution in [-0.2, 0) is 9.53 Å². The van der Waals surface area contributed by atoms with Crippen molar-refractivity contribution in [3.05, 3.63) is 30.1 Å². The summed E-state index contributed by atoms with van der Waals surface area (Å²) in [7, 11) is 0. The summed E-state index contributed by atoms with van der Waals surface area (Å²) in [6, 6.07) is 1.50. The lowest BCUT2D eigenvalue weighted by Crippen LogP contribution is -1.98. The number of hydrogen-bond donors (Lipinski definition) is 1. The van der Waals surface area contributed by atoms with Crippen molar-refractivity contribution in [2.75, 3.05) is 6.61 Å². The maximum atomic E-state index is 10.9. The molecule has 74 valence electrons. The summed E-state index contributed by atoms with van der Waals surface area (Å²) in [4.78, 5) is 14.7. The third-order valence-corrected chi connectivity index (χ3v) is 1.44. The SMILES string of the molecule is CCOC(=O)C=Cc1cncc(O)c1. The Morgan fingerprint density at radius 1 is 1.64 bits per heavy atom. The first-order valence-electron chi connectivity index (χ1n) is 4.21. The van der Waals surface area contributed by atoms with Gasteiger partial charge in [0.25, 0.3) is 0 Å². The summed E-state index contributed by atoms with van der Waals surface area (Å²) >= 11 is 0. The van der Waals surface area contributed by atoms with Gasteiger partial charge in [0.1, 0.15) is 5.75 Å². The number of hydrogen-bond acceptors (Lipinski definition) is 4. The summed E-state index contributed by atoms with van der Waals surface area (Å²) < 4.78 is 4.69. The molecule has 0 atom stereocenters. The molecule has 0 bridgehead atoms. The second-order valence-electron chi connectivity index (χ2n) is 2.56. The van der Waals surface area contributed by atoms with Crippen molar-refractivity contribution >= 4 is 12.0 Å². The van der Waals surface area contributed by atoms with Crippen LogP contribution in [0.3, 0.4) is 0 Å². The Hall–Kier alpha value is -1.84. The Morgan fingerprint density at radius 3 is 3.07 bits per heavy atom. The van der Waals surface area contributed by atoms with Crippen LogP contribution in [0, 0.1) is 0 Å². The Bertz CT molecular complexity index is 347. The molecule has 1 heterocycles. The molecule has 0 radical (unpaired) electrons. The number of ether oxygens (including phenoxy) is 1. The van der Waals surface area contributed by atoms with Crippen LogP contribution in [0.15, 0.2) is 24.5 Å². The fraction of sp³-hybridized carbons (Fsp3) is 0.200. The van der Waals surface area contributed by atoms with Gasteiger partial charge >= 0.3 is 5.97 Å². The van der Waals surface area contributed by atoms with Crippen LogP contribution >= 0.6 is 0 Å². The molecule has 0 spiro atoms. The fourth-order valence-corrected chi connectivity index (χ4v) is 0.891. The smallest absolute Gasteiger partial charge is 0.330 e. The summed E-state index contributed by atoms with van der Waals surface area (Å²) in [6.07, 6.45) is 5.68. The molecule has 0 aliphatic carbocycles. The molecule has 4 nitrogen and oxygen atoms in total. The van der Waals surface area contributed by atoms with Crippen LogP contribution in [0.4, 0.5) is 0 Å². The highest BCUT2D eigenvalue weighted by atomic mass is 16.5. The van der Waals surface area contributed by atoms with Gasteiger partial charge in [-0.3, -0.25) is 4.98 Å². The van der Waals surface area contributed by atoms with E-state index in [2.05, 4.69) is 9.72 Å². The van der Waals surface area contributed by atoms with Crippen molar-refractivity contribution in [1.29, 1.82) is 0 Å². The van der Waals surface area contributed by atoms with Crippen molar-refractivity contribution < 1.29 is 14.6 Å². The number of carbonyl (C=O) groups is 1. The molecule has 1 aromatic rings. The minimum absolute atomic E-state index is 0.0657. The molecule has 0 unspecified atom stereocenters. The van der Waals surface area contributed by atoms with E-state index in [-0.39, 0.29) is 5.75 Å². The molecule has 0 fully saturated rings. The molecule has 0 amide bonds. The lowest BCUT2D eigenvalue weighted by Gasteiger charge is -1.95. The molecule has 1 N–H and O–H groups in total. The van der Waals surface area contributed by atoms with E-state index in [4.69, 9.17) is 5.11 Å². The Kier molecular flexibility index (Phi) is 3.67. The van der Waals surface area contributed by atoms with E-state index in [1.54, 1.807) is 6.92 Å². The first-order chi connectivity index (χ1) is 6.72. The van der Waals surface area contributed by atoms with Crippen molar-refractivity contribution in [2.24, 2.45) is 0 Å². The van der Waals surface area contributed by atoms with E-state index in [0.29, 0.717) is 12.2 Å². The number of aromatic hydroxyl groups is 1. The first-order valence-corrected chi connectivity index (χ1v) is 4.21. The zero-order valence-electron chi connectivity index (χ0n) is 7.80. The van der Waals surface area contributed by atoms with Crippen molar-refractivity contribution in [3.8, 4) is 5.75 Å². The number of nitrogens with zero attached hydrogens (tertiary/aromatic N) is 1. The van der Waals surface area contributed by atoms with Gasteiger partial charge < -0.3 is 9.84 Å². The standard InChI is InChI=1S/C10H11NO3/c1-2-14-10(13)4-3-8-5-9(12)7-11-6-8/h3-7,12H,2H2,1H3. The number of carbonyl (C=O) groups excluding carboxylic acids is 1. The molecule has 4 heteroatoms. The molecule has 0 aliphatic rings.